The van der Waals surface area contributed by atoms with Crippen LogP contribution in [0.1, 0.15) is 30.5 Å². The lowest BCUT2D eigenvalue weighted by atomic mass is 10.0. The summed E-state index contributed by atoms with van der Waals surface area (Å²) >= 11 is 5.92. The monoisotopic (exact) mass is 351 g/mol. The predicted molar refractivity (Wildman–Crippen MR) is 87.9 cm³/mol. The summed E-state index contributed by atoms with van der Waals surface area (Å²) in [4.78, 5) is 8.24. The van der Waals surface area contributed by atoms with Crippen LogP contribution in [-0.4, -0.2) is 9.97 Å². The molecule has 1 unspecified atom stereocenters. The molecule has 0 radical (unpaired) electrons. The van der Waals surface area contributed by atoms with Gasteiger partial charge in [-0.3, -0.25) is 0 Å². The van der Waals surface area contributed by atoms with Crippen molar-refractivity contribution in [1.82, 2.24) is 9.97 Å². The minimum atomic E-state index is -2.87. The molecule has 0 spiro atoms. The normalized spacial score (nSPS) is 12.6. The van der Waals surface area contributed by atoms with Crippen molar-refractivity contribution in [2.45, 2.75) is 19.4 Å². The second-order valence-corrected chi connectivity index (χ2v) is 5.61. The molecule has 3 rings (SSSR count). The highest BCUT2D eigenvalue weighted by atomic mass is 35.5. The molecule has 0 fully saturated rings. The van der Waals surface area contributed by atoms with Gasteiger partial charge in [-0.25, -0.2) is 23.1 Å². The van der Waals surface area contributed by atoms with E-state index < -0.39 is 23.8 Å². The fourth-order valence-electron chi connectivity index (χ4n) is 2.51. The molecule has 24 heavy (non-hydrogen) atoms. The molecule has 1 heterocycles. The highest BCUT2D eigenvalue weighted by molar-refractivity contribution is 6.28. The topological polar surface area (TPSA) is 37.8 Å². The molecule has 0 amide bonds. The SMILES string of the molecule is CC(Nc1nc(Cl)nc2ccccc12)c1cccc(C(F)F)c1F. The van der Waals surface area contributed by atoms with Crippen molar-refractivity contribution in [2.24, 2.45) is 0 Å². The van der Waals surface area contributed by atoms with Gasteiger partial charge in [0.1, 0.15) is 11.6 Å². The number of fused-ring (bicyclic) bond motifs is 1. The van der Waals surface area contributed by atoms with Crippen LogP contribution in [0.15, 0.2) is 42.5 Å². The number of alkyl halides is 2. The van der Waals surface area contributed by atoms with Crippen LogP contribution < -0.4 is 5.32 Å². The quantitative estimate of drug-likeness (QED) is 0.628. The Kier molecular flexibility index (Phi) is 4.57. The smallest absolute Gasteiger partial charge is 0.266 e. The third-order valence-corrected chi connectivity index (χ3v) is 3.86. The van der Waals surface area contributed by atoms with Crippen LogP contribution in [0.25, 0.3) is 10.9 Å². The second kappa shape index (κ2) is 6.65. The molecule has 0 aliphatic heterocycles. The molecule has 2 aromatic carbocycles. The first-order valence-electron chi connectivity index (χ1n) is 7.22. The van der Waals surface area contributed by atoms with Crippen molar-refractivity contribution in [3.63, 3.8) is 0 Å². The van der Waals surface area contributed by atoms with Crippen LogP contribution in [0, 0.1) is 5.82 Å². The molecule has 0 bridgehead atoms. The van der Waals surface area contributed by atoms with E-state index in [9.17, 15) is 13.2 Å². The fourth-order valence-corrected chi connectivity index (χ4v) is 2.69. The maximum atomic E-state index is 14.3. The second-order valence-electron chi connectivity index (χ2n) is 5.28. The van der Waals surface area contributed by atoms with E-state index in [4.69, 9.17) is 11.6 Å². The van der Waals surface area contributed by atoms with E-state index in [1.54, 1.807) is 19.1 Å². The summed E-state index contributed by atoms with van der Waals surface area (Å²) in [5.74, 6) is -0.503. The Morgan fingerprint density at radius 2 is 1.71 bits per heavy atom. The molecule has 1 aromatic heterocycles. The molecule has 0 aliphatic carbocycles. The standard InChI is InChI=1S/C17H13ClF3N3/c1-9(10-6-4-7-12(14(10)19)15(20)21)22-16-11-5-2-3-8-13(11)23-17(18)24-16/h2-9,15H,1H3,(H,22,23,24). The van der Waals surface area contributed by atoms with Crippen LogP contribution in [-0.2, 0) is 0 Å². The molecule has 0 saturated carbocycles. The van der Waals surface area contributed by atoms with Crippen LogP contribution in [0.4, 0.5) is 19.0 Å². The summed E-state index contributed by atoms with van der Waals surface area (Å²) < 4.78 is 40.0. The molecule has 124 valence electrons. The van der Waals surface area contributed by atoms with Gasteiger partial charge < -0.3 is 5.32 Å². The molecular formula is C17H13ClF3N3. The van der Waals surface area contributed by atoms with Gasteiger partial charge in [0.2, 0.25) is 5.28 Å². The molecule has 1 atom stereocenters. The summed E-state index contributed by atoms with van der Waals surface area (Å²) in [6, 6.07) is 10.6. The van der Waals surface area contributed by atoms with Crippen LogP contribution in [0.3, 0.4) is 0 Å². The van der Waals surface area contributed by atoms with E-state index >= 15 is 0 Å². The molecule has 3 nitrogen and oxygen atoms in total. The average molecular weight is 352 g/mol. The number of para-hydroxylation sites is 1. The lowest BCUT2D eigenvalue weighted by Gasteiger charge is -2.18. The molecular weight excluding hydrogens is 339 g/mol. The first-order valence-corrected chi connectivity index (χ1v) is 7.60. The van der Waals surface area contributed by atoms with Gasteiger partial charge in [0.05, 0.1) is 17.1 Å². The minimum Gasteiger partial charge on any atom is -0.363 e. The zero-order valence-corrected chi connectivity index (χ0v) is 13.4. The van der Waals surface area contributed by atoms with Gasteiger partial charge in [-0.2, -0.15) is 0 Å². The average Bonchev–Trinajstić information content (AvgIpc) is 2.54. The van der Waals surface area contributed by atoms with E-state index in [0.29, 0.717) is 16.7 Å². The van der Waals surface area contributed by atoms with E-state index in [1.165, 1.54) is 12.1 Å². The Bertz CT molecular complexity index is 886. The number of rotatable bonds is 4. The number of benzene rings is 2. The number of halogens is 4. The number of hydrogen-bond acceptors (Lipinski definition) is 3. The molecule has 0 saturated heterocycles. The highest BCUT2D eigenvalue weighted by Gasteiger charge is 2.20. The summed E-state index contributed by atoms with van der Waals surface area (Å²) in [5.41, 5.74) is 0.146. The molecule has 1 N–H and O–H groups in total. The van der Waals surface area contributed by atoms with Gasteiger partial charge in [0.15, 0.2) is 0 Å². The lowest BCUT2D eigenvalue weighted by molar-refractivity contribution is 0.146. The molecule has 7 heteroatoms. The van der Waals surface area contributed by atoms with Crippen molar-refractivity contribution in [3.05, 3.63) is 64.7 Å². The summed E-state index contributed by atoms with van der Waals surface area (Å²) in [6.07, 6.45) is -2.87. The minimum absolute atomic E-state index is 0.0465. The zero-order valence-electron chi connectivity index (χ0n) is 12.6. The van der Waals surface area contributed by atoms with Crippen molar-refractivity contribution < 1.29 is 13.2 Å². The van der Waals surface area contributed by atoms with E-state index in [1.807, 2.05) is 12.1 Å². The third kappa shape index (κ3) is 3.14. The van der Waals surface area contributed by atoms with Gasteiger partial charge in [-0.05, 0) is 30.7 Å². The first-order chi connectivity index (χ1) is 11.5. The number of nitrogens with one attached hydrogen (secondary N) is 1. The Morgan fingerprint density at radius 1 is 1.00 bits per heavy atom. The maximum Gasteiger partial charge on any atom is 0.266 e. The Hall–Kier alpha value is -2.34. The Labute approximate surface area is 141 Å². The van der Waals surface area contributed by atoms with Gasteiger partial charge in [0, 0.05) is 10.9 Å². The van der Waals surface area contributed by atoms with Crippen LogP contribution in [0.2, 0.25) is 5.28 Å². The summed E-state index contributed by atoms with van der Waals surface area (Å²) in [7, 11) is 0. The van der Waals surface area contributed by atoms with Crippen molar-refractivity contribution in [1.29, 1.82) is 0 Å². The number of nitrogens with zero attached hydrogens (tertiary/aromatic N) is 2. The number of aromatic nitrogens is 2. The van der Waals surface area contributed by atoms with Gasteiger partial charge >= 0.3 is 0 Å². The van der Waals surface area contributed by atoms with E-state index in [0.717, 1.165) is 6.07 Å². The number of hydrogen-bond donors (Lipinski definition) is 1. The van der Waals surface area contributed by atoms with E-state index in [2.05, 4.69) is 15.3 Å². The largest absolute Gasteiger partial charge is 0.363 e. The van der Waals surface area contributed by atoms with E-state index in [-0.39, 0.29) is 10.8 Å². The zero-order chi connectivity index (χ0) is 17.3. The first kappa shape index (κ1) is 16.5. The number of anilines is 1. The predicted octanol–water partition coefficient (Wildman–Crippen LogP) is 5.53. The summed E-state index contributed by atoms with van der Waals surface area (Å²) in [5, 5.41) is 3.78. The Morgan fingerprint density at radius 3 is 2.46 bits per heavy atom. The highest BCUT2D eigenvalue weighted by Crippen LogP contribution is 2.30. The molecule has 0 aliphatic rings. The van der Waals surface area contributed by atoms with Crippen LogP contribution in [0.5, 0.6) is 0 Å². The van der Waals surface area contributed by atoms with Crippen molar-refractivity contribution >= 4 is 28.3 Å². The van der Waals surface area contributed by atoms with Gasteiger partial charge in [-0.15, -0.1) is 0 Å². The van der Waals surface area contributed by atoms with Crippen molar-refractivity contribution in [3.8, 4) is 0 Å². The molecule has 3 aromatic rings. The fraction of sp³-hybridized carbons (Fsp3) is 0.176. The Balaban J connectivity index is 1.99. The van der Waals surface area contributed by atoms with Crippen molar-refractivity contribution in [2.75, 3.05) is 5.32 Å². The lowest BCUT2D eigenvalue weighted by Crippen LogP contribution is -2.12. The van der Waals surface area contributed by atoms with Gasteiger partial charge in [0.25, 0.3) is 6.43 Å². The van der Waals surface area contributed by atoms with Crippen LogP contribution >= 0.6 is 11.6 Å². The van der Waals surface area contributed by atoms with Gasteiger partial charge in [-0.1, -0.05) is 30.3 Å². The summed E-state index contributed by atoms with van der Waals surface area (Å²) in [6.45, 7) is 1.67. The maximum absolute atomic E-state index is 14.3. The third-order valence-electron chi connectivity index (χ3n) is 3.69.